The van der Waals surface area contributed by atoms with Gasteiger partial charge in [0.05, 0.1) is 7.11 Å². The number of aliphatic imine (C=N–C) groups is 1. The Balaban J connectivity index is 3.35. The zero-order valence-corrected chi connectivity index (χ0v) is 12.0. The molecule has 0 fully saturated rings. The fourth-order valence-corrected chi connectivity index (χ4v) is 1.65. The smallest absolute Gasteiger partial charge is 0.343 e. The third-order valence-electron chi connectivity index (χ3n) is 2.44. The molecule has 1 aromatic rings. The summed E-state index contributed by atoms with van der Waals surface area (Å²) in [6, 6.07) is 6.95. The van der Waals surface area contributed by atoms with Gasteiger partial charge in [-0.05, 0) is 19.1 Å². The Kier molecular flexibility index (Phi) is 5.09. The van der Waals surface area contributed by atoms with Crippen molar-refractivity contribution in [1.82, 2.24) is 0 Å². The maximum atomic E-state index is 11.7. The molecule has 0 saturated carbocycles. The third-order valence-corrected chi connectivity index (χ3v) is 2.97. The Morgan fingerprint density at radius 1 is 1.33 bits per heavy atom. The largest absolute Gasteiger partial charge is 0.506 e. The highest BCUT2D eigenvalue weighted by molar-refractivity contribution is 9.10. The number of nitrogens with zero attached hydrogens (tertiary/aromatic N) is 1. The number of hydrogen-bond acceptors (Lipinski definition) is 4. The van der Waals surface area contributed by atoms with Crippen molar-refractivity contribution >= 4 is 33.4 Å². The summed E-state index contributed by atoms with van der Waals surface area (Å²) in [5, 5.41) is 10.2. The van der Waals surface area contributed by atoms with Crippen LogP contribution in [-0.4, -0.2) is 30.9 Å². The lowest BCUT2D eigenvalue weighted by atomic mass is 10.1. The molecular formula is C13H14BrNO3. The second-order valence-corrected chi connectivity index (χ2v) is 4.45. The molecule has 0 radical (unpaired) electrons. The van der Waals surface area contributed by atoms with E-state index in [1.165, 1.54) is 7.11 Å². The summed E-state index contributed by atoms with van der Waals surface area (Å²) >= 11 is 3.30. The van der Waals surface area contributed by atoms with Gasteiger partial charge in [0.15, 0.2) is 0 Å². The second-order valence-electron chi connectivity index (χ2n) is 3.53. The Morgan fingerprint density at radius 2 is 1.89 bits per heavy atom. The van der Waals surface area contributed by atoms with Crippen molar-refractivity contribution < 1.29 is 14.6 Å². The van der Waals surface area contributed by atoms with Crippen LogP contribution in [0.5, 0.6) is 0 Å². The molecule has 0 saturated heterocycles. The highest BCUT2D eigenvalue weighted by Gasteiger charge is 2.19. The Morgan fingerprint density at radius 3 is 2.33 bits per heavy atom. The maximum Gasteiger partial charge on any atom is 0.343 e. The Hall–Kier alpha value is -1.62. The van der Waals surface area contributed by atoms with Crippen molar-refractivity contribution in [2.24, 2.45) is 4.99 Å². The number of hydrogen-bond donors (Lipinski definition) is 1. The van der Waals surface area contributed by atoms with Crippen molar-refractivity contribution in [3.63, 3.8) is 0 Å². The number of ether oxygens (including phenoxy) is 1. The molecule has 0 heterocycles. The van der Waals surface area contributed by atoms with Gasteiger partial charge in [-0.2, -0.15) is 0 Å². The number of rotatable bonds is 3. The third kappa shape index (κ3) is 3.20. The molecule has 0 amide bonds. The zero-order valence-electron chi connectivity index (χ0n) is 10.4. The molecule has 0 aliphatic rings. The summed E-state index contributed by atoms with van der Waals surface area (Å²) in [6.07, 6.45) is 0. The highest BCUT2D eigenvalue weighted by Crippen LogP contribution is 2.20. The van der Waals surface area contributed by atoms with Crippen molar-refractivity contribution in [2.75, 3.05) is 14.2 Å². The molecule has 5 heteroatoms. The molecular weight excluding hydrogens is 298 g/mol. The Bertz CT molecular complexity index is 503. The van der Waals surface area contributed by atoms with Gasteiger partial charge in [0.25, 0.3) is 0 Å². The maximum absolute atomic E-state index is 11.7. The van der Waals surface area contributed by atoms with Crippen LogP contribution in [0.15, 0.2) is 39.3 Å². The minimum absolute atomic E-state index is 0.0716. The van der Waals surface area contributed by atoms with E-state index in [4.69, 9.17) is 0 Å². The molecule has 0 atom stereocenters. The van der Waals surface area contributed by atoms with E-state index in [-0.39, 0.29) is 11.3 Å². The molecule has 18 heavy (non-hydrogen) atoms. The summed E-state index contributed by atoms with van der Waals surface area (Å²) in [7, 11) is 2.81. The van der Waals surface area contributed by atoms with Gasteiger partial charge in [-0.1, -0.05) is 28.1 Å². The standard InChI is InChI=1S/C13H14BrNO3/c1-8(15-2)11(13(17)18-3)12(16)9-4-6-10(14)7-5-9/h4-7,16H,1-3H3/b12-11-,15-8?. The molecule has 0 spiro atoms. The van der Waals surface area contributed by atoms with E-state index >= 15 is 0 Å². The zero-order chi connectivity index (χ0) is 13.7. The van der Waals surface area contributed by atoms with Gasteiger partial charge in [-0.15, -0.1) is 0 Å². The fourth-order valence-electron chi connectivity index (χ4n) is 1.38. The van der Waals surface area contributed by atoms with Gasteiger partial charge in [-0.25, -0.2) is 4.79 Å². The van der Waals surface area contributed by atoms with Gasteiger partial charge in [0, 0.05) is 22.8 Å². The number of methoxy groups -OCH3 is 1. The van der Waals surface area contributed by atoms with Gasteiger partial charge in [0.1, 0.15) is 11.3 Å². The molecule has 1 rings (SSSR count). The summed E-state index contributed by atoms with van der Waals surface area (Å²) in [4.78, 5) is 15.6. The monoisotopic (exact) mass is 311 g/mol. The van der Waals surface area contributed by atoms with Crippen LogP contribution in [0.25, 0.3) is 5.76 Å². The van der Waals surface area contributed by atoms with E-state index in [2.05, 4.69) is 25.7 Å². The van der Waals surface area contributed by atoms with Crippen molar-refractivity contribution in [2.45, 2.75) is 6.92 Å². The first kappa shape index (κ1) is 14.4. The molecule has 1 aromatic carbocycles. The summed E-state index contributed by atoms with van der Waals surface area (Å²) < 4.78 is 5.54. The number of carbonyl (C=O) groups is 1. The average molecular weight is 312 g/mol. The van der Waals surface area contributed by atoms with E-state index in [0.717, 1.165) is 4.47 Å². The first-order valence-electron chi connectivity index (χ1n) is 5.22. The van der Waals surface area contributed by atoms with E-state index in [9.17, 15) is 9.90 Å². The molecule has 0 aliphatic carbocycles. The molecule has 4 nitrogen and oxygen atoms in total. The molecule has 0 bridgehead atoms. The van der Waals surface area contributed by atoms with Crippen molar-refractivity contribution in [3.05, 3.63) is 39.9 Å². The van der Waals surface area contributed by atoms with Gasteiger partial charge in [-0.3, -0.25) is 4.99 Å². The normalized spacial score (nSPS) is 13.0. The van der Waals surface area contributed by atoms with Crippen molar-refractivity contribution in [1.29, 1.82) is 0 Å². The van der Waals surface area contributed by atoms with E-state index < -0.39 is 5.97 Å². The van der Waals surface area contributed by atoms with Crippen LogP contribution in [0.4, 0.5) is 0 Å². The SMILES string of the molecule is CN=C(C)/C(C(=O)OC)=C(/O)c1ccc(Br)cc1. The van der Waals surface area contributed by atoms with Crippen molar-refractivity contribution in [3.8, 4) is 0 Å². The minimum atomic E-state index is -0.612. The number of carbonyl (C=O) groups excluding carboxylic acids is 1. The fraction of sp³-hybridized carbons (Fsp3) is 0.231. The van der Waals surface area contributed by atoms with E-state index in [1.54, 1.807) is 38.2 Å². The van der Waals surface area contributed by atoms with E-state index in [0.29, 0.717) is 11.3 Å². The molecule has 0 unspecified atom stereocenters. The highest BCUT2D eigenvalue weighted by atomic mass is 79.9. The number of benzene rings is 1. The van der Waals surface area contributed by atoms with Crippen LogP contribution >= 0.6 is 15.9 Å². The topological polar surface area (TPSA) is 58.9 Å². The minimum Gasteiger partial charge on any atom is -0.506 e. The number of halogens is 1. The van der Waals surface area contributed by atoms with E-state index in [1.807, 2.05) is 0 Å². The molecule has 0 aliphatic heterocycles. The lowest BCUT2D eigenvalue weighted by Gasteiger charge is -2.09. The lowest BCUT2D eigenvalue weighted by Crippen LogP contribution is -2.14. The van der Waals surface area contributed by atoms with Crippen LogP contribution in [-0.2, 0) is 9.53 Å². The number of aliphatic hydroxyl groups excluding tert-OH is 1. The van der Waals surface area contributed by atoms with Gasteiger partial charge < -0.3 is 9.84 Å². The van der Waals surface area contributed by atoms with Crippen LogP contribution in [0.2, 0.25) is 0 Å². The number of aliphatic hydroxyl groups is 1. The van der Waals surface area contributed by atoms with Crippen LogP contribution in [0, 0.1) is 0 Å². The number of esters is 1. The first-order chi connectivity index (χ1) is 8.51. The van der Waals surface area contributed by atoms with Gasteiger partial charge in [0.2, 0.25) is 0 Å². The summed E-state index contributed by atoms with van der Waals surface area (Å²) in [6.45, 7) is 1.64. The Labute approximate surface area is 114 Å². The molecule has 1 N–H and O–H groups in total. The van der Waals surface area contributed by atoms with Crippen LogP contribution < -0.4 is 0 Å². The van der Waals surface area contributed by atoms with Gasteiger partial charge >= 0.3 is 5.97 Å². The predicted molar refractivity (Wildman–Crippen MR) is 74.7 cm³/mol. The second kappa shape index (κ2) is 6.35. The molecule has 0 aromatic heterocycles. The first-order valence-corrected chi connectivity index (χ1v) is 6.01. The quantitative estimate of drug-likeness (QED) is 0.404. The predicted octanol–water partition coefficient (Wildman–Crippen LogP) is 2.98. The summed E-state index contributed by atoms with van der Waals surface area (Å²) in [5.74, 6) is -0.754. The molecule has 96 valence electrons. The lowest BCUT2D eigenvalue weighted by molar-refractivity contribution is -0.135. The van der Waals surface area contributed by atoms with Crippen LogP contribution in [0.1, 0.15) is 12.5 Å². The average Bonchev–Trinajstić information content (AvgIpc) is 2.39. The summed E-state index contributed by atoms with van der Waals surface area (Å²) in [5.41, 5.74) is 1.02. The van der Waals surface area contributed by atoms with Crippen LogP contribution in [0.3, 0.4) is 0 Å².